The molecule has 7 heteroatoms. The van der Waals surface area contributed by atoms with Gasteiger partial charge < -0.3 is 15.4 Å². The van der Waals surface area contributed by atoms with E-state index in [0.29, 0.717) is 17.3 Å². The van der Waals surface area contributed by atoms with Crippen LogP contribution in [-0.2, 0) is 6.54 Å². The van der Waals surface area contributed by atoms with Gasteiger partial charge in [-0.05, 0) is 54.5 Å². The Kier molecular flexibility index (Phi) is 5.44. The Morgan fingerprint density at radius 3 is 2.35 bits per heavy atom. The first-order valence-corrected chi connectivity index (χ1v) is 7.19. The molecule has 2 N–H and O–H groups in total. The topological polar surface area (TPSA) is 33.3 Å². The third-order valence-corrected chi connectivity index (χ3v) is 3.29. The van der Waals surface area contributed by atoms with Gasteiger partial charge in [0.25, 0.3) is 0 Å². The predicted octanol–water partition coefficient (Wildman–Crippen LogP) is 4.38. The maximum absolute atomic E-state index is 12.1. The molecular weight excluding hydrogens is 325 g/mol. The highest BCUT2D eigenvalue weighted by Gasteiger charge is 2.30. The molecule has 0 fully saturated rings. The number of halogens is 3. The molecule has 0 aliphatic rings. The van der Waals surface area contributed by atoms with Crippen LogP contribution in [0.2, 0.25) is 0 Å². The highest BCUT2D eigenvalue weighted by atomic mass is 32.1. The summed E-state index contributed by atoms with van der Waals surface area (Å²) in [6, 6.07) is 13.3. The zero-order valence-corrected chi connectivity index (χ0v) is 13.1. The molecule has 0 amide bonds. The molecule has 122 valence electrons. The Hall–Kier alpha value is -2.28. The van der Waals surface area contributed by atoms with Crippen molar-refractivity contribution in [3.05, 3.63) is 59.7 Å². The van der Waals surface area contributed by atoms with Crippen molar-refractivity contribution in [3.8, 4) is 5.75 Å². The lowest BCUT2D eigenvalue weighted by Gasteiger charge is -2.13. The van der Waals surface area contributed by atoms with E-state index in [-0.39, 0.29) is 5.75 Å². The van der Waals surface area contributed by atoms with Crippen LogP contribution in [0, 0.1) is 6.92 Å². The zero-order valence-electron chi connectivity index (χ0n) is 12.3. The van der Waals surface area contributed by atoms with Crippen molar-refractivity contribution in [2.45, 2.75) is 19.8 Å². The van der Waals surface area contributed by atoms with Gasteiger partial charge in [-0.3, -0.25) is 0 Å². The van der Waals surface area contributed by atoms with Crippen molar-refractivity contribution in [2.24, 2.45) is 0 Å². The maximum atomic E-state index is 12.1. The molecule has 0 aromatic heterocycles. The lowest BCUT2D eigenvalue weighted by atomic mass is 10.1. The van der Waals surface area contributed by atoms with E-state index >= 15 is 0 Å². The van der Waals surface area contributed by atoms with Gasteiger partial charge in [-0.25, -0.2) is 0 Å². The first-order valence-electron chi connectivity index (χ1n) is 6.79. The van der Waals surface area contributed by atoms with Gasteiger partial charge in [0.15, 0.2) is 5.11 Å². The van der Waals surface area contributed by atoms with Crippen molar-refractivity contribution in [3.63, 3.8) is 0 Å². The highest BCUT2D eigenvalue weighted by Crippen LogP contribution is 2.23. The smallest absolute Gasteiger partial charge is 0.406 e. The summed E-state index contributed by atoms with van der Waals surface area (Å²) in [6.45, 7) is 2.57. The van der Waals surface area contributed by atoms with Gasteiger partial charge in [-0.1, -0.05) is 24.3 Å². The van der Waals surface area contributed by atoms with Gasteiger partial charge in [-0.15, -0.1) is 13.2 Å². The zero-order chi connectivity index (χ0) is 16.9. The normalized spacial score (nSPS) is 11.0. The molecule has 2 aromatic carbocycles. The van der Waals surface area contributed by atoms with Gasteiger partial charge in [0.1, 0.15) is 5.75 Å². The Morgan fingerprint density at radius 1 is 1.09 bits per heavy atom. The number of alkyl halides is 3. The van der Waals surface area contributed by atoms with E-state index < -0.39 is 6.36 Å². The summed E-state index contributed by atoms with van der Waals surface area (Å²) in [4.78, 5) is 0. The number of hydrogen-bond acceptors (Lipinski definition) is 2. The van der Waals surface area contributed by atoms with Crippen LogP contribution in [0.25, 0.3) is 0 Å². The number of ether oxygens (including phenoxy) is 1. The Labute approximate surface area is 137 Å². The average Bonchev–Trinajstić information content (AvgIpc) is 2.47. The molecule has 0 radical (unpaired) electrons. The van der Waals surface area contributed by atoms with Crippen LogP contribution in [0.1, 0.15) is 11.1 Å². The monoisotopic (exact) mass is 340 g/mol. The van der Waals surface area contributed by atoms with Crippen molar-refractivity contribution < 1.29 is 17.9 Å². The molecule has 0 spiro atoms. The number of rotatable bonds is 4. The van der Waals surface area contributed by atoms with Gasteiger partial charge in [-0.2, -0.15) is 0 Å². The van der Waals surface area contributed by atoms with Crippen LogP contribution in [0.15, 0.2) is 48.5 Å². The van der Waals surface area contributed by atoms with Crippen LogP contribution in [0.3, 0.4) is 0 Å². The fraction of sp³-hybridized carbons (Fsp3) is 0.188. The number of anilines is 1. The van der Waals surface area contributed by atoms with Gasteiger partial charge in [0, 0.05) is 12.2 Å². The number of nitrogens with one attached hydrogen (secondary N) is 2. The molecule has 23 heavy (non-hydrogen) atoms. The highest BCUT2D eigenvalue weighted by molar-refractivity contribution is 7.80. The maximum Gasteiger partial charge on any atom is 0.573 e. The number of aryl methyl sites for hydroxylation is 1. The standard InChI is InChI=1S/C16H15F3N2OS/c1-11-4-2-3-5-12(11)10-20-15(23)21-13-6-8-14(9-7-13)22-16(17,18)19/h2-9H,10H2,1H3,(H2,20,21,23). The SMILES string of the molecule is Cc1ccccc1CNC(=S)Nc1ccc(OC(F)(F)F)cc1. The largest absolute Gasteiger partial charge is 0.573 e. The predicted molar refractivity (Wildman–Crippen MR) is 87.4 cm³/mol. The van der Waals surface area contributed by atoms with Crippen LogP contribution in [0.5, 0.6) is 5.75 Å². The molecule has 0 heterocycles. The summed E-state index contributed by atoms with van der Waals surface area (Å²) in [5, 5.41) is 6.34. The second kappa shape index (κ2) is 7.32. The summed E-state index contributed by atoms with van der Waals surface area (Å²) in [7, 11) is 0. The van der Waals surface area contributed by atoms with Crippen molar-refractivity contribution in [1.82, 2.24) is 5.32 Å². The second-order valence-electron chi connectivity index (χ2n) is 4.81. The summed E-state index contributed by atoms with van der Waals surface area (Å²) in [6.07, 6.45) is -4.70. The fourth-order valence-electron chi connectivity index (χ4n) is 1.90. The Morgan fingerprint density at radius 2 is 1.74 bits per heavy atom. The second-order valence-corrected chi connectivity index (χ2v) is 5.21. The molecule has 0 aliphatic heterocycles. The molecule has 0 atom stereocenters. The summed E-state index contributed by atoms with van der Waals surface area (Å²) in [5.41, 5.74) is 2.84. The van der Waals surface area contributed by atoms with E-state index in [1.807, 2.05) is 31.2 Å². The van der Waals surface area contributed by atoms with E-state index in [1.54, 1.807) is 0 Å². The van der Waals surface area contributed by atoms with E-state index in [2.05, 4.69) is 15.4 Å². The van der Waals surface area contributed by atoms with Crippen LogP contribution >= 0.6 is 12.2 Å². The Balaban J connectivity index is 1.87. The molecule has 0 bridgehead atoms. The van der Waals surface area contributed by atoms with Crippen LogP contribution < -0.4 is 15.4 Å². The molecule has 0 saturated carbocycles. The van der Waals surface area contributed by atoms with E-state index in [1.165, 1.54) is 24.3 Å². The van der Waals surface area contributed by atoms with Gasteiger partial charge in [0.2, 0.25) is 0 Å². The number of benzene rings is 2. The third kappa shape index (κ3) is 5.78. The van der Waals surface area contributed by atoms with Gasteiger partial charge in [0.05, 0.1) is 0 Å². The van der Waals surface area contributed by atoms with Gasteiger partial charge >= 0.3 is 6.36 Å². The summed E-state index contributed by atoms with van der Waals surface area (Å²) in [5.74, 6) is -0.276. The summed E-state index contributed by atoms with van der Waals surface area (Å²) >= 11 is 5.17. The number of thiocarbonyl (C=S) groups is 1. The van der Waals surface area contributed by atoms with E-state index in [0.717, 1.165) is 11.1 Å². The summed E-state index contributed by atoms with van der Waals surface area (Å²) < 4.78 is 40.0. The van der Waals surface area contributed by atoms with E-state index in [9.17, 15) is 13.2 Å². The molecule has 2 aromatic rings. The van der Waals surface area contributed by atoms with Crippen LogP contribution in [0.4, 0.5) is 18.9 Å². The minimum Gasteiger partial charge on any atom is -0.406 e. The van der Waals surface area contributed by atoms with Crippen LogP contribution in [-0.4, -0.2) is 11.5 Å². The van der Waals surface area contributed by atoms with Crippen molar-refractivity contribution >= 4 is 23.0 Å². The molecule has 2 rings (SSSR count). The molecule has 0 unspecified atom stereocenters. The molecule has 3 nitrogen and oxygen atoms in total. The first kappa shape index (κ1) is 17.1. The minimum atomic E-state index is -4.70. The van der Waals surface area contributed by atoms with Crippen molar-refractivity contribution in [2.75, 3.05) is 5.32 Å². The van der Waals surface area contributed by atoms with E-state index in [4.69, 9.17) is 12.2 Å². The first-order chi connectivity index (χ1) is 10.8. The lowest BCUT2D eigenvalue weighted by molar-refractivity contribution is -0.274. The number of hydrogen-bond donors (Lipinski definition) is 2. The van der Waals surface area contributed by atoms with Crippen molar-refractivity contribution in [1.29, 1.82) is 0 Å². The molecule has 0 aliphatic carbocycles. The Bertz CT molecular complexity index is 672. The lowest BCUT2D eigenvalue weighted by Crippen LogP contribution is -2.28. The minimum absolute atomic E-state index is 0.276. The third-order valence-electron chi connectivity index (χ3n) is 3.05. The fourth-order valence-corrected chi connectivity index (χ4v) is 2.09. The molecule has 0 saturated heterocycles. The quantitative estimate of drug-likeness (QED) is 0.809. The molecular formula is C16H15F3N2OS. The average molecular weight is 340 g/mol.